The van der Waals surface area contributed by atoms with Crippen LogP contribution >= 0.6 is 11.6 Å². The lowest BCUT2D eigenvalue weighted by Gasteiger charge is -2.28. The zero-order valence-electron chi connectivity index (χ0n) is 12.2. The van der Waals surface area contributed by atoms with Gasteiger partial charge in [0.15, 0.2) is 0 Å². The molecule has 1 rings (SSSR count). The van der Waals surface area contributed by atoms with E-state index in [4.69, 9.17) is 17.3 Å². The fourth-order valence-electron chi connectivity index (χ4n) is 2.03. The molecule has 20 heavy (non-hydrogen) atoms. The van der Waals surface area contributed by atoms with Crippen molar-refractivity contribution in [1.82, 2.24) is 4.90 Å². The van der Waals surface area contributed by atoms with Crippen molar-refractivity contribution in [3.05, 3.63) is 22.7 Å². The Hall–Kier alpha value is -1.46. The fraction of sp³-hybridized carbons (Fsp3) is 0.500. The van der Waals surface area contributed by atoms with E-state index in [1.54, 1.807) is 6.07 Å². The van der Waals surface area contributed by atoms with E-state index in [-0.39, 0.29) is 5.56 Å². The number of aromatic carboxylic acids is 1. The van der Waals surface area contributed by atoms with Crippen molar-refractivity contribution in [2.24, 2.45) is 0 Å². The van der Waals surface area contributed by atoms with Crippen LogP contribution < -0.4 is 10.6 Å². The lowest BCUT2D eigenvalue weighted by molar-refractivity contribution is 0.0697. The van der Waals surface area contributed by atoms with Crippen LogP contribution in [0.3, 0.4) is 0 Å². The van der Waals surface area contributed by atoms with Gasteiger partial charge in [-0.1, -0.05) is 18.5 Å². The zero-order chi connectivity index (χ0) is 15.3. The van der Waals surface area contributed by atoms with Crippen molar-refractivity contribution in [2.45, 2.75) is 13.3 Å². The zero-order valence-corrected chi connectivity index (χ0v) is 12.9. The minimum Gasteiger partial charge on any atom is -0.478 e. The van der Waals surface area contributed by atoms with E-state index in [0.29, 0.717) is 22.9 Å². The van der Waals surface area contributed by atoms with Gasteiger partial charge in [-0.15, -0.1) is 0 Å². The lowest BCUT2D eigenvalue weighted by atomic mass is 10.1. The second kappa shape index (κ2) is 7.36. The van der Waals surface area contributed by atoms with Gasteiger partial charge in [-0.2, -0.15) is 0 Å². The van der Waals surface area contributed by atoms with E-state index in [2.05, 4.69) is 0 Å². The highest BCUT2D eigenvalue weighted by molar-refractivity contribution is 6.34. The molecule has 3 N–H and O–H groups in total. The Kier molecular flexibility index (Phi) is 6.10. The number of carbonyl (C=O) groups is 1. The van der Waals surface area contributed by atoms with Gasteiger partial charge in [0.2, 0.25) is 0 Å². The maximum Gasteiger partial charge on any atom is 0.337 e. The first-order valence-electron chi connectivity index (χ1n) is 6.58. The topological polar surface area (TPSA) is 69.8 Å². The third-order valence-electron chi connectivity index (χ3n) is 2.94. The van der Waals surface area contributed by atoms with Crippen molar-refractivity contribution in [3.63, 3.8) is 0 Å². The van der Waals surface area contributed by atoms with Crippen LogP contribution in [0.5, 0.6) is 0 Å². The summed E-state index contributed by atoms with van der Waals surface area (Å²) in [7, 11) is 3.96. The summed E-state index contributed by atoms with van der Waals surface area (Å²) in [6.07, 6.45) is 0.910. The van der Waals surface area contributed by atoms with Crippen molar-refractivity contribution >= 4 is 28.9 Å². The van der Waals surface area contributed by atoms with Crippen LogP contribution in [0.2, 0.25) is 5.02 Å². The van der Waals surface area contributed by atoms with Gasteiger partial charge < -0.3 is 20.6 Å². The van der Waals surface area contributed by atoms with Crippen LogP contribution in [0.25, 0.3) is 0 Å². The normalized spacial score (nSPS) is 10.8. The summed E-state index contributed by atoms with van der Waals surface area (Å²) in [4.78, 5) is 15.5. The number of carboxylic acid groups (broad SMARTS) is 1. The first-order valence-corrected chi connectivity index (χ1v) is 6.96. The molecule has 0 amide bonds. The molecule has 1 aromatic carbocycles. The van der Waals surface area contributed by atoms with E-state index in [1.165, 1.54) is 6.07 Å². The number of rotatable bonds is 7. The van der Waals surface area contributed by atoms with Crippen LogP contribution in [-0.4, -0.2) is 49.7 Å². The summed E-state index contributed by atoms with van der Waals surface area (Å²) < 4.78 is 0. The maximum atomic E-state index is 11.4. The van der Waals surface area contributed by atoms with Crippen LogP contribution in [-0.2, 0) is 0 Å². The summed E-state index contributed by atoms with van der Waals surface area (Å²) in [5, 5.41) is 9.74. The van der Waals surface area contributed by atoms with Gasteiger partial charge in [0.25, 0.3) is 0 Å². The van der Waals surface area contributed by atoms with E-state index in [1.807, 2.05) is 30.8 Å². The van der Waals surface area contributed by atoms with Crippen molar-refractivity contribution in [1.29, 1.82) is 0 Å². The van der Waals surface area contributed by atoms with Crippen LogP contribution in [0, 0.1) is 0 Å². The molecule has 0 heterocycles. The van der Waals surface area contributed by atoms with Crippen molar-refractivity contribution in [2.75, 3.05) is 44.4 Å². The average molecular weight is 300 g/mol. The molecule has 0 radical (unpaired) electrons. The van der Waals surface area contributed by atoms with Gasteiger partial charge in [-0.3, -0.25) is 0 Å². The Morgan fingerprint density at radius 1 is 1.30 bits per heavy atom. The number of nitrogens with zero attached hydrogens (tertiary/aromatic N) is 2. The summed E-state index contributed by atoms with van der Waals surface area (Å²) in [6.45, 7) is 4.33. The molecule has 0 aliphatic carbocycles. The van der Waals surface area contributed by atoms with Crippen molar-refractivity contribution in [3.8, 4) is 0 Å². The molecule has 0 fully saturated rings. The standard InChI is InChI=1S/C14H22ClN3O2/c1-4-5-18(7-6-17(2)3)13-11(14(19)20)8-10(16)9-12(13)15/h8-9H,4-7,16H2,1-3H3,(H,19,20). The molecule has 0 aromatic heterocycles. The number of carboxylic acids is 1. The number of halogens is 1. The number of hydrogen-bond donors (Lipinski definition) is 2. The molecule has 0 saturated carbocycles. The molecule has 1 aromatic rings. The fourth-order valence-corrected chi connectivity index (χ4v) is 2.38. The van der Waals surface area contributed by atoms with E-state index < -0.39 is 5.97 Å². The van der Waals surface area contributed by atoms with Gasteiger partial charge in [0.1, 0.15) is 0 Å². The largest absolute Gasteiger partial charge is 0.478 e. The Labute approximate surface area is 124 Å². The Morgan fingerprint density at radius 2 is 1.95 bits per heavy atom. The molecule has 0 saturated heterocycles. The molecule has 0 spiro atoms. The number of nitrogen functional groups attached to an aromatic ring is 1. The highest BCUT2D eigenvalue weighted by Crippen LogP contribution is 2.32. The molecule has 0 bridgehead atoms. The van der Waals surface area contributed by atoms with Gasteiger partial charge in [0.05, 0.1) is 16.3 Å². The highest BCUT2D eigenvalue weighted by Gasteiger charge is 2.20. The van der Waals surface area contributed by atoms with E-state index in [9.17, 15) is 9.90 Å². The SMILES string of the molecule is CCCN(CCN(C)C)c1c(Cl)cc(N)cc1C(=O)O. The lowest BCUT2D eigenvalue weighted by Crippen LogP contribution is -2.33. The first kappa shape index (κ1) is 16.6. The number of anilines is 2. The van der Waals surface area contributed by atoms with Gasteiger partial charge in [0, 0.05) is 25.3 Å². The smallest absolute Gasteiger partial charge is 0.337 e. The molecular weight excluding hydrogens is 278 g/mol. The summed E-state index contributed by atoms with van der Waals surface area (Å²) in [6, 6.07) is 3.06. The second-order valence-corrected chi connectivity index (χ2v) is 5.40. The summed E-state index contributed by atoms with van der Waals surface area (Å²) in [5.41, 5.74) is 6.76. The Morgan fingerprint density at radius 3 is 2.45 bits per heavy atom. The third kappa shape index (κ3) is 4.28. The minimum atomic E-state index is -1.01. The van der Waals surface area contributed by atoms with Gasteiger partial charge >= 0.3 is 5.97 Å². The molecule has 5 nitrogen and oxygen atoms in total. The Bertz CT molecular complexity index is 478. The molecule has 0 atom stereocenters. The first-order chi connectivity index (χ1) is 9.36. The number of likely N-dealkylation sites (N-methyl/N-ethyl adjacent to an activating group) is 1. The maximum absolute atomic E-state index is 11.4. The van der Waals surface area contributed by atoms with E-state index in [0.717, 1.165) is 19.5 Å². The van der Waals surface area contributed by atoms with Gasteiger partial charge in [-0.05, 0) is 32.6 Å². The average Bonchev–Trinajstić information content (AvgIpc) is 2.34. The number of benzene rings is 1. The predicted octanol–water partition coefficient (Wildman–Crippen LogP) is 2.40. The number of nitrogens with two attached hydrogens (primary N) is 1. The highest BCUT2D eigenvalue weighted by atomic mass is 35.5. The summed E-state index contributed by atoms with van der Waals surface area (Å²) >= 11 is 6.23. The van der Waals surface area contributed by atoms with Crippen LogP contribution in [0.1, 0.15) is 23.7 Å². The predicted molar refractivity (Wildman–Crippen MR) is 83.9 cm³/mol. The second-order valence-electron chi connectivity index (χ2n) is 4.99. The molecular formula is C14H22ClN3O2. The molecule has 0 unspecified atom stereocenters. The van der Waals surface area contributed by atoms with Crippen molar-refractivity contribution < 1.29 is 9.90 Å². The molecule has 0 aliphatic heterocycles. The molecule has 0 aliphatic rings. The quantitative estimate of drug-likeness (QED) is 0.757. The monoisotopic (exact) mass is 299 g/mol. The minimum absolute atomic E-state index is 0.155. The van der Waals surface area contributed by atoms with Crippen LogP contribution in [0.4, 0.5) is 11.4 Å². The molecule has 112 valence electrons. The van der Waals surface area contributed by atoms with E-state index >= 15 is 0 Å². The molecule has 6 heteroatoms. The third-order valence-corrected chi connectivity index (χ3v) is 3.23. The van der Waals surface area contributed by atoms with Crippen LogP contribution in [0.15, 0.2) is 12.1 Å². The Balaban J connectivity index is 3.20. The van der Waals surface area contributed by atoms with Gasteiger partial charge in [-0.25, -0.2) is 4.79 Å². The number of hydrogen-bond acceptors (Lipinski definition) is 4. The summed E-state index contributed by atoms with van der Waals surface area (Å²) in [5.74, 6) is -1.01.